The fraction of sp³-hybridized carbons (Fsp3) is 0.107. The number of para-hydroxylation sites is 1. The lowest BCUT2D eigenvalue weighted by Crippen LogP contribution is -2.27. The maximum absolute atomic E-state index is 13.3. The Bertz CT molecular complexity index is 1650. The molecule has 1 saturated heterocycles. The number of nitriles is 1. The number of benzene rings is 3. The monoisotopic (exact) mass is 533 g/mol. The van der Waals surface area contributed by atoms with Crippen LogP contribution in [0.4, 0.5) is 18.9 Å². The molecule has 4 aromatic rings. The molecule has 1 aliphatic heterocycles. The van der Waals surface area contributed by atoms with Gasteiger partial charge in [-0.3, -0.25) is 9.69 Å². The topological polar surface area (TPSA) is 49.0 Å². The van der Waals surface area contributed by atoms with Crippen LogP contribution in [0.2, 0.25) is 0 Å². The summed E-state index contributed by atoms with van der Waals surface area (Å²) in [6, 6.07) is 22.0. The first kappa shape index (κ1) is 24.8. The fourth-order valence-electron chi connectivity index (χ4n) is 4.42. The number of thiocarbonyl (C=S) groups is 1. The van der Waals surface area contributed by atoms with Crippen molar-refractivity contribution in [1.29, 1.82) is 5.26 Å². The molecule has 37 heavy (non-hydrogen) atoms. The number of hydrogen-bond acceptors (Lipinski definition) is 4. The van der Waals surface area contributed by atoms with Gasteiger partial charge in [0.1, 0.15) is 0 Å². The third kappa shape index (κ3) is 4.54. The zero-order valence-corrected chi connectivity index (χ0v) is 21.0. The van der Waals surface area contributed by atoms with Gasteiger partial charge < -0.3 is 4.57 Å². The Balaban J connectivity index is 1.56. The predicted octanol–water partition coefficient (Wildman–Crippen LogP) is 7.29. The molecule has 0 atom stereocenters. The molecule has 1 fully saturated rings. The van der Waals surface area contributed by atoms with E-state index in [1.165, 1.54) is 12.1 Å². The first-order chi connectivity index (χ1) is 17.7. The van der Waals surface area contributed by atoms with Crippen LogP contribution in [0.3, 0.4) is 0 Å². The molecule has 1 amide bonds. The molecule has 3 aromatic carbocycles. The molecule has 1 aromatic heterocycles. The molecule has 184 valence electrons. The second-order valence-corrected chi connectivity index (χ2v) is 10.1. The predicted molar refractivity (Wildman–Crippen MR) is 144 cm³/mol. The van der Waals surface area contributed by atoms with Gasteiger partial charge in [-0.2, -0.15) is 18.4 Å². The van der Waals surface area contributed by atoms with Crippen molar-refractivity contribution in [2.75, 3.05) is 4.90 Å². The lowest BCUT2D eigenvalue weighted by molar-refractivity contribution is -0.137. The number of hydrogen-bond donors (Lipinski definition) is 0. The standard InChI is InChI=1S/C28H18F3N3OS2/c1-17-23(22-11-4-5-12-24(22)33(17)16-19-8-3-2-7-18(19)15-32)14-25-26(35)34(27(36)37-25)21-10-6-9-20(13-21)28(29,30)31/h2-14H,16H2,1H3/b25-14+. The van der Waals surface area contributed by atoms with Gasteiger partial charge in [0.25, 0.3) is 5.91 Å². The van der Waals surface area contributed by atoms with Crippen LogP contribution in [0.15, 0.2) is 77.7 Å². The Morgan fingerprint density at radius 3 is 2.54 bits per heavy atom. The molecule has 0 bridgehead atoms. The minimum Gasteiger partial charge on any atom is -0.340 e. The van der Waals surface area contributed by atoms with E-state index in [9.17, 15) is 23.2 Å². The largest absolute Gasteiger partial charge is 0.416 e. The summed E-state index contributed by atoms with van der Waals surface area (Å²) in [6.07, 6.45) is -2.79. The van der Waals surface area contributed by atoms with Gasteiger partial charge in [-0.25, -0.2) is 0 Å². The quantitative estimate of drug-likeness (QED) is 0.204. The number of aromatic nitrogens is 1. The van der Waals surface area contributed by atoms with Gasteiger partial charge >= 0.3 is 6.18 Å². The average Bonchev–Trinajstić information content (AvgIpc) is 3.31. The SMILES string of the molecule is Cc1c(/C=C2/SC(=S)N(c3cccc(C(F)(F)F)c3)C2=O)c2ccccc2n1Cc1ccccc1C#N. The van der Waals surface area contributed by atoms with Crippen LogP contribution in [0.5, 0.6) is 0 Å². The second kappa shape index (κ2) is 9.54. The number of carbonyl (C=O) groups is 1. The molecule has 0 N–H and O–H groups in total. The van der Waals surface area contributed by atoms with Crippen LogP contribution >= 0.6 is 24.0 Å². The summed E-state index contributed by atoms with van der Waals surface area (Å²) < 4.78 is 42.0. The summed E-state index contributed by atoms with van der Waals surface area (Å²) >= 11 is 6.44. The second-order valence-electron chi connectivity index (χ2n) is 8.44. The van der Waals surface area contributed by atoms with Crippen molar-refractivity contribution < 1.29 is 18.0 Å². The van der Waals surface area contributed by atoms with Crippen LogP contribution in [-0.4, -0.2) is 14.8 Å². The maximum Gasteiger partial charge on any atom is 0.416 e. The van der Waals surface area contributed by atoms with Crippen LogP contribution in [0, 0.1) is 18.3 Å². The lowest BCUT2D eigenvalue weighted by atomic mass is 10.1. The van der Waals surface area contributed by atoms with Gasteiger partial charge in [0.15, 0.2) is 4.32 Å². The van der Waals surface area contributed by atoms with Gasteiger partial charge in [0.2, 0.25) is 0 Å². The zero-order valence-electron chi connectivity index (χ0n) is 19.4. The third-order valence-corrected chi connectivity index (χ3v) is 7.55. The molecule has 9 heteroatoms. The summed E-state index contributed by atoms with van der Waals surface area (Å²) in [5.74, 6) is -0.472. The third-order valence-electron chi connectivity index (χ3n) is 6.25. The van der Waals surface area contributed by atoms with Gasteiger partial charge in [0.05, 0.1) is 27.8 Å². The number of amides is 1. The molecular weight excluding hydrogens is 515 g/mol. The van der Waals surface area contributed by atoms with Crippen molar-refractivity contribution in [3.8, 4) is 6.07 Å². The minimum absolute atomic E-state index is 0.0768. The van der Waals surface area contributed by atoms with Gasteiger partial charge in [-0.05, 0) is 48.9 Å². The van der Waals surface area contributed by atoms with E-state index in [0.29, 0.717) is 17.0 Å². The van der Waals surface area contributed by atoms with Crippen molar-refractivity contribution in [2.45, 2.75) is 19.6 Å². The van der Waals surface area contributed by atoms with E-state index < -0.39 is 17.6 Å². The highest BCUT2D eigenvalue weighted by atomic mass is 32.2. The van der Waals surface area contributed by atoms with Crippen molar-refractivity contribution in [2.24, 2.45) is 0 Å². The van der Waals surface area contributed by atoms with Crippen molar-refractivity contribution in [3.63, 3.8) is 0 Å². The number of halogens is 3. The molecule has 5 rings (SSSR count). The molecule has 0 spiro atoms. The number of thioether (sulfide) groups is 1. The number of nitrogens with zero attached hydrogens (tertiary/aromatic N) is 3. The Hall–Kier alpha value is -3.87. The number of alkyl halides is 3. The van der Waals surface area contributed by atoms with Crippen LogP contribution in [-0.2, 0) is 17.5 Å². The zero-order chi connectivity index (χ0) is 26.3. The number of fused-ring (bicyclic) bond motifs is 1. The summed E-state index contributed by atoms with van der Waals surface area (Å²) in [5.41, 5.74) is 3.33. The van der Waals surface area contributed by atoms with Gasteiger partial charge in [-0.1, -0.05) is 66.4 Å². The lowest BCUT2D eigenvalue weighted by Gasteiger charge is -2.16. The summed E-state index contributed by atoms with van der Waals surface area (Å²) in [6.45, 7) is 2.41. The molecule has 0 unspecified atom stereocenters. The highest BCUT2D eigenvalue weighted by molar-refractivity contribution is 8.27. The van der Waals surface area contributed by atoms with Gasteiger partial charge in [-0.15, -0.1) is 0 Å². The fourth-order valence-corrected chi connectivity index (χ4v) is 5.70. The highest BCUT2D eigenvalue weighted by Crippen LogP contribution is 2.40. The van der Waals surface area contributed by atoms with E-state index in [2.05, 4.69) is 10.6 Å². The van der Waals surface area contributed by atoms with E-state index in [0.717, 1.165) is 56.5 Å². The number of carbonyl (C=O) groups excluding carboxylic acids is 1. The van der Waals surface area contributed by atoms with Gasteiger partial charge in [0, 0.05) is 28.7 Å². The van der Waals surface area contributed by atoms with E-state index in [1.54, 1.807) is 12.1 Å². The Labute approximate surface area is 220 Å². The number of rotatable bonds is 4. The summed E-state index contributed by atoms with van der Waals surface area (Å²) in [7, 11) is 0. The van der Waals surface area contributed by atoms with Crippen LogP contribution in [0.1, 0.15) is 27.9 Å². The average molecular weight is 534 g/mol. The van der Waals surface area contributed by atoms with E-state index in [1.807, 2.05) is 49.4 Å². The molecule has 0 saturated carbocycles. The van der Waals surface area contributed by atoms with Crippen molar-refractivity contribution >= 4 is 56.9 Å². The van der Waals surface area contributed by atoms with Crippen molar-refractivity contribution in [1.82, 2.24) is 4.57 Å². The minimum atomic E-state index is -4.53. The summed E-state index contributed by atoms with van der Waals surface area (Å²) in [5, 5.41) is 10.4. The van der Waals surface area contributed by atoms with E-state index in [4.69, 9.17) is 12.2 Å². The highest BCUT2D eigenvalue weighted by Gasteiger charge is 2.36. The Kier molecular flexibility index (Phi) is 6.40. The normalized spacial score (nSPS) is 15.1. The van der Waals surface area contributed by atoms with E-state index in [-0.39, 0.29) is 10.0 Å². The van der Waals surface area contributed by atoms with Crippen LogP contribution in [0.25, 0.3) is 17.0 Å². The molecule has 1 aliphatic rings. The van der Waals surface area contributed by atoms with Crippen LogP contribution < -0.4 is 4.90 Å². The molecule has 4 nitrogen and oxygen atoms in total. The Morgan fingerprint density at radius 1 is 1.05 bits per heavy atom. The number of anilines is 1. The first-order valence-electron chi connectivity index (χ1n) is 11.2. The molecule has 0 aliphatic carbocycles. The Morgan fingerprint density at radius 2 is 1.78 bits per heavy atom. The maximum atomic E-state index is 13.3. The molecule has 0 radical (unpaired) electrons. The molecule has 2 heterocycles. The first-order valence-corrected chi connectivity index (χ1v) is 12.4. The van der Waals surface area contributed by atoms with Crippen molar-refractivity contribution in [3.05, 3.63) is 106 Å². The van der Waals surface area contributed by atoms with E-state index >= 15 is 0 Å². The molecular formula is C28H18F3N3OS2. The smallest absolute Gasteiger partial charge is 0.340 e. The summed E-state index contributed by atoms with van der Waals surface area (Å²) in [4.78, 5) is 14.8.